The van der Waals surface area contributed by atoms with Crippen LogP contribution in [-0.4, -0.2) is 71.4 Å². The van der Waals surface area contributed by atoms with Crippen LogP contribution in [0.2, 0.25) is 0 Å². The number of hydrogen-bond donors (Lipinski definition) is 4. The summed E-state index contributed by atoms with van der Waals surface area (Å²) in [5.74, 6) is -0.464. The minimum Gasteiger partial charge on any atom is -0.480 e. The quantitative estimate of drug-likeness (QED) is 0.196. The van der Waals surface area contributed by atoms with Crippen LogP contribution >= 0.6 is 0 Å². The van der Waals surface area contributed by atoms with E-state index >= 15 is 0 Å². The van der Waals surface area contributed by atoms with E-state index in [2.05, 4.69) is 27.7 Å². The molecule has 2 bridgehead atoms. The highest BCUT2D eigenvalue weighted by Crippen LogP contribution is 2.63. The van der Waals surface area contributed by atoms with Crippen molar-refractivity contribution in [2.45, 2.75) is 61.7 Å². The summed E-state index contributed by atoms with van der Waals surface area (Å²) in [5, 5.41) is 17.7. The lowest BCUT2D eigenvalue weighted by Gasteiger charge is -2.62. The van der Waals surface area contributed by atoms with Crippen molar-refractivity contribution in [1.82, 2.24) is 15.5 Å². The number of rotatable bonds is 10. The van der Waals surface area contributed by atoms with Crippen LogP contribution in [-0.2, 0) is 39.1 Å². The predicted octanol–water partition coefficient (Wildman–Crippen LogP) is 2.20. The average molecular weight is 635 g/mol. The number of carbonyl (C=O) groups excluding carboxylic acids is 4. The fraction of sp³-hybridized carbons (Fsp3) is 0.351. The molecule has 3 amide bonds. The molecule has 4 atom stereocenters. The fourth-order valence-electron chi connectivity index (χ4n) is 8.49. The number of hydrogen-bond acceptors (Lipinski definition) is 8. The summed E-state index contributed by atoms with van der Waals surface area (Å²) in [6.45, 7) is 1.90. The van der Waals surface area contributed by atoms with Crippen LogP contribution in [0.15, 0.2) is 72.9 Å². The molecule has 2 heterocycles. The van der Waals surface area contributed by atoms with Crippen LogP contribution in [0, 0.1) is 0 Å². The van der Waals surface area contributed by atoms with Gasteiger partial charge in [0.2, 0.25) is 6.41 Å². The molecule has 3 aromatic rings. The molecule has 242 valence electrons. The first-order chi connectivity index (χ1) is 22.8. The predicted molar refractivity (Wildman–Crippen MR) is 174 cm³/mol. The van der Waals surface area contributed by atoms with Gasteiger partial charge in [0, 0.05) is 37.3 Å². The molecule has 2 aliphatic carbocycles. The number of nitrogens with one attached hydrogen (secondary N) is 2. The van der Waals surface area contributed by atoms with E-state index in [1.165, 1.54) is 5.56 Å². The van der Waals surface area contributed by atoms with E-state index < -0.39 is 23.0 Å². The van der Waals surface area contributed by atoms with E-state index in [1.807, 2.05) is 36.4 Å². The highest BCUT2D eigenvalue weighted by molar-refractivity contribution is 6.21. The number of amides is 3. The molecule has 47 heavy (non-hydrogen) atoms. The van der Waals surface area contributed by atoms with Crippen molar-refractivity contribution in [3.63, 3.8) is 0 Å². The summed E-state index contributed by atoms with van der Waals surface area (Å²) in [6.07, 6.45) is 3.92. The first-order valence-electron chi connectivity index (χ1n) is 16.2. The normalized spacial score (nSPS) is 25.8. The molecule has 10 heteroatoms. The van der Waals surface area contributed by atoms with E-state index in [9.17, 15) is 24.3 Å². The van der Waals surface area contributed by atoms with Crippen LogP contribution < -0.4 is 21.1 Å². The van der Waals surface area contributed by atoms with Gasteiger partial charge in [-0.25, -0.2) is 0 Å². The van der Waals surface area contributed by atoms with Crippen molar-refractivity contribution in [3.05, 3.63) is 106 Å². The summed E-state index contributed by atoms with van der Waals surface area (Å²) in [6, 6.07) is 21.1. The van der Waals surface area contributed by atoms with Gasteiger partial charge in [0.15, 0.2) is 11.9 Å². The Balaban J connectivity index is 1.09. The summed E-state index contributed by atoms with van der Waals surface area (Å²) >= 11 is 0. The van der Waals surface area contributed by atoms with Crippen molar-refractivity contribution in [2.75, 3.05) is 19.6 Å². The van der Waals surface area contributed by atoms with E-state index in [-0.39, 0.29) is 29.7 Å². The van der Waals surface area contributed by atoms with Gasteiger partial charge in [0.05, 0.1) is 22.2 Å². The maximum atomic E-state index is 13.6. The molecule has 4 aliphatic rings. The van der Waals surface area contributed by atoms with Crippen LogP contribution in [0.3, 0.4) is 0 Å². The number of likely N-dealkylation sites (tertiary alicyclic amines) is 1. The molecule has 2 fully saturated rings. The average Bonchev–Trinajstić information content (AvgIpc) is 3.44. The summed E-state index contributed by atoms with van der Waals surface area (Å²) < 4.78 is 6.46. The Bertz CT molecular complexity index is 1770. The van der Waals surface area contributed by atoms with Gasteiger partial charge >= 0.3 is 0 Å². The second-order valence-corrected chi connectivity index (χ2v) is 13.0. The van der Waals surface area contributed by atoms with E-state index in [1.54, 1.807) is 18.2 Å². The second kappa shape index (κ2) is 12.1. The molecule has 1 spiro atoms. The molecule has 1 saturated heterocycles. The number of ether oxygens (including phenoxy) is 1. The van der Waals surface area contributed by atoms with Gasteiger partial charge in [-0.15, -0.1) is 0 Å². The number of Topliss-reactive ketones (excluding diaryl/α,β-unsaturated/α-hetero) is 1. The number of imide groups is 1. The smallest absolute Gasteiger partial charge is 0.259 e. The van der Waals surface area contributed by atoms with E-state index in [0.717, 1.165) is 42.4 Å². The van der Waals surface area contributed by atoms with Crippen molar-refractivity contribution in [3.8, 4) is 5.75 Å². The van der Waals surface area contributed by atoms with Crippen LogP contribution in [0.1, 0.15) is 57.4 Å². The van der Waals surface area contributed by atoms with Crippen LogP contribution in [0.25, 0.3) is 5.57 Å². The Morgan fingerprint density at radius 1 is 1.02 bits per heavy atom. The molecule has 1 saturated carbocycles. The zero-order chi connectivity index (χ0) is 32.8. The van der Waals surface area contributed by atoms with E-state index in [0.29, 0.717) is 55.5 Å². The molecule has 2 aliphatic heterocycles. The van der Waals surface area contributed by atoms with Crippen molar-refractivity contribution < 1.29 is 29.0 Å². The molecule has 0 aromatic heterocycles. The third-order valence-electron chi connectivity index (χ3n) is 10.7. The molecule has 10 nitrogen and oxygen atoms in total. The summed E-state index contributed by atoms with van der Waals surface area (Å²) in [4.78, 5) is 52.1. The highest BCUT2D eigenvalue weighted by Gasteiger charge is 2.73. The highest BCUT2D eigenvalue weighted by atomic mass is 16.5. The zero-order valence-corrected chi connectivity index (χ0v) is 26.0. The maximum absolute atomic E-state index is 13.6. The molecule has 3 aromatic carbocycles. The Hall–Kier alpha value is -4.80. The number of piperidine rings is 1. The third-order valence-corrected chi connectivity index (χ3v) is 10.7. The molecule has 1 unspecified atom stereocenters. The number of aliphatic hydroxyl groups is 1. The monoisotopic (exact) mass is 634 g/mol. The van der Waals surface area contributed by atoms with Gasteiger partial charge in [-0.1, -0.05) is 60.7 Å². The third kappa shape index (κ3) is 4.94. The van der Waals surface area contributed by atoms with Crippen molar-refractivity contribution in [1.29, 1.82) is 0 Å². The van der Waals surface area contributed by atoms with Gasteiger partial charge in [-0.2, -0.15) is 0 Å². The number of nitrogens with zero attached hydrogens (tertiary/aromatic N) is 1. The molecule has 0 radical (unpaired) electrons. The SMILES string of the molecule is N/C=C(\C(=O)NC=O)c1ccc(CCNC(=O)c2ccc3c4c2OC2C(=O)CC[C@@]5(O)[C@@H](C3)N(CCc3ccccc3)CC[C@]425)cc1. The standard InChI is InChI=1S/C37H38N4O6/c38-21-28(35(45)40-22-42)25-8-6-24(7-9-25)13-17-39-34(44)27-11-10-26-20-30-37(46)15-12-29(43)33-36(37,31(26)32(27)47-33)16-19-41(30)18-14-23-4-2-1-3-5-23/h1-11,21-22,30,33,46H,12-20,38H2,(H,39,44)(H,40,42,45)/b28-21-/t30-,33?,36+,37-/m1/s1. The maximum Gasteiger partial charge on any atom is 0.259 e. The Labute approximate surface area is 273 Å². The molecule has 5 N–H and O–H groups in total. The number of nitrogens with two attached hydrogens (primary N) is 1. The lowest BCUT2D eigenvalue weighted by Crippen LogP contribution is -2.76. The number of carbonyl (C=O) groups is 4. The molecular weight excluding hydrogens is 596 g/mol. The molecule has 7 rings (SSSR count). The number of benzene rings is 3. The first-order valence-corrected chi connectivity index (χ1v) is 16.2. The lowest BCUT2D eigenvalue weighted by molar-refractivity contribution is -0.188. The zero-order valence-electron chi connectivity index (χ0n) is 26.0. The summed E-state index contributed by atoms with van der Waals surface area (Å²) in [7, 11) is 0. The summed E-state index contributed by atoms with van der Waals surface area (Å²) in [5.41, 5.74) is 8.79. The Morgan fingerprint density at radius 3 is 2.53 bits per heavy atom. The largest absolute Gasteiger partial charge is 0.480 e. The number of ketones is 1. The second-order valence-electron chi connectivity index (χ2n) is 13.0. The van der Waals surface area contributed by atoms with E-state index in [4.69, 9.17) is 10.5 Å². The lowest BCUT2D eigenvalue weighted by atomic mass is 9.49. The Morgan fingerprint density at radius 2 is 1.79 bits per heavy atom. The fourth-order valence-corrected chi connectivity index (χ4v) is 8.49. The Kier molecular flexibility index (Phi) is 7.93. The van der Waals surface area contributed by atoms with Crippen molar-refractivity contribution in [2.24, 2.45) is 5.73 Å². The van der Waals surface area contributed by atoms with Crippen LogP contribution in [0.4, 0.5) is 0 Å². The minimum absolute atomic E-state index is 0.0127. The van der Waals surface area contributed by atoms with Gasteiger partial charge in [0.25, 0.3) is 11.8 Å². The van der Waals surface area contributed by atoms with Gasteiger partial charge in [-0.3, -0.25) is 29.4 Å². The van der Waals surface area contributed by atoms with Gasteiger partial charge < -0.3 is 20.9 Å². The van der Waals surface area contributed by atoms with Crippen molar-refractivity contribution >= 4 is 29.6 Å². The molecular formula is C37H38N4O6. The van der Waals surface area contributed by atoms with Gasteiger partial charge in [-0.05, 0) is 67.0 Å². The van der Waals surface area contributed by atoms with Gasteiger partial charge in [0.1, 0.15) is 5.75 Å². The van der Waals surface area contributed by atoms with Crippen LogP contribution in [0.5, 0.6) is 5.75 Å². The minimum atomic E-state index is -1.13. The first kappa shape index (κ1) is 30.8. The topological polar surface area (TPSA) is 151 Å².